The van der Waals surface area contributed by atoms with E-state index in [4.69, 9.17) is 9.97 Å². The second kappa shape index (κ2) is 16.1. The van der Waals surface area contributed by atoms with Gasteiger partial charge in [0, 0.05) is 16.7 Å². The Morgan fingerprint density at radius 3 is 1.28 bits per heavy atom. The fourth-order valence-electron chi connectivity index (χ4n) is 11.0. The van der Waals surface area contributed by atoms with E-state index in [1.165, 1.54) is 55.6 Å². The van der Waals surface area contributed by atoms with Crippen molar-refractivity contribution in [1.29, 1.82) is 0 Å². The Hall–Kier alpha value is -8.06. The van der Waals surface area contributed by atoms with Crippen LogP contribution in [-0.2, 0) is 5.41 Å². The highest BCUT2D eigenvalue weighted by atomic mass is 15.4. The van der Waals surface area contributed by atoms with Gasteiger partial charge in [-0.15, -0.1) is 0 Å². The first-order chi connectivity index (χ1) is 33.2. The third-order valence-corrected chi connectivity index (χ3v) is 14.0. The Bertz CT molecular complexity index is 3370. The summed E-state index contributed by atoms with van der Waals surface area (Å²) in [5.41, 5.74) is 20.5. The molecular formula is C62H45N5. The Morgan fingerprint density at radius 2 is 0.701 bits per heavy atom. The summed E-state index contributed by atoms with van der Waals surface area (Å²) in [7, 11) is 0. The van der Waals surface area contributed by atoms with Gasteiger partial charge in [-0.1, -0.05) is 212 Å². The molecule has 1 saturated heterocycles. The topological polar surface area (TPSA) is 61.9 Å². The zero-order valence-electron chi connectivity index (χ0n) is 36.6. The Balaban J connectivity index is 0.905. The van der Waals surface area contributed by atoms with Crippen LogP contribution in [0.5, 0.6) is 0 Å². The molecule has 67 heavy (non-hydrogen) atoms. The van der Waals surface area contributed by atoms with E-state index >= 15 is 0 Å². The van der Waals surface area contributed by atoms with Crippen LogP contribution in [0.15, 0.2) is 237 Å². The largest absolute Gasteiger partial charge is 0.279 e. The van der Waals surface area contributed by atoms with Gasteiger partial charge in [0.2, 0.25) is 0 Å². The minimum atomic E-state index is -0.456. The van der Waals surface area contributed by atoms with Crippen LogP contribution in [0.2, 0.25) is 0 Å². The van der Waals surface area contributed by atoms with Crippen molar-refractivity contribution in [2.45, 2.75) is 23.9 Å². The highest BCUT2D eigenvalue weighted by Crippen LogP contribution is 2.63. The maximum Gasteiger partial charge on any atom is 0.160 e. The summed E-state index contributed by atoms with van der Waals surface area (Å²) < 4.78 is 0. The number of rotatable bonds is 7. The summed E-state index contributed by atoms with van der Waals surface area (Å²) in [5.74, 6) is 0.696. The number of hydrogen-bond acceptors (Lipinski definition) is 5. The third-order valence-electron chi connectivity index (χ3n) is 14.0. The van der Waals surface area contributed by atoms with Gasteiger partial charge in [-0.3, -0.25) is 16.0 Å². The van der Waals surface area contributed by atoms with Crippen molar-refractivity contribution in [3.05, 3.63) is 276 Å². The number of benzene rings is 9. The zero-order chi connectivity index (χ0) is 44.3. The predicted octanol–water partition coefficient (Wildman–Crippen LogP) is 13.7. The molecule has 1 aromatic heterocycles. The molecule has 2 aliphatic carbocycles. The molecule has 5 nitrogen and oxygen atoms in total. The van der Waals surface area contributed by atoms with Crippen LogP contribution < -0.4 is 16.0 Å². The fraction of sp³-hybridized carbons (Fsp3) is 0.0645. The number of fused-ring (bicyclic) bond motifs is 10. The second-order valence-corrected chi connectivity index (χ2v) is 17.8. The minimum absolute atomic E-state index is 0.0493. The fourth-order valence-corrected chi connectivity index (χ4v) is 11.0. The highest BCUT2D eigenvalue weighted by Gasteiger charge is 2.51. The summed E-state index contributed by atoms with van der Waals surface area (Å²) in [6.07, 6.45) is -0.207. The minimum Gasteiger partial charge on any atom is -0.279 e. The molecule has 1 spiro atoms. The van der Waals surface area contributed by atoms with Gasteiger partial charge >= 0.3 is 0 Å². The van der Waals surface area contributed by atoms with Gasteiger partial charge in [0.05, 0.1) is 35.3 Å². The van der Waals surface area contributed by atoms with Gasteiger partial charge in [0.1, 0.15) is 0 Å². The lowest BCUT2D eigenvalue weighted by Crippen LogP contribution is -2.54. The molecule has 9 aromatic carbocycles. The van der Waals surface area contributed by atoms with E-state index in [0.29, 0.717) is 5.82 Å². The molecule has 318 valence electrons. The van der Waals surface area contributed by atoms with Crippen molar-refractivity contribution < 1.29 is 0 Å². The van der Waals surface area contributed by atoms with Crippen LogP contribution in [0.4, 0.5) is 0 Å². The quantitative estimate of drug-likeness (QED) is 0.149. The smallest absolute Gasteiger partial charge is 0.160 e. The van der Waals surface area contributed by atoms with Crippen molar-refractivity contribution in [2.24, 2.45) is 0 Å². The van der Waals surface area contributed by atoms with Gasteiger partial charge in [-0.2, -0.15) is 0 Å². The SMILES string of the molecule is c1ccc(-c2cc(-c3cccc(-c4cccc(C5NC(c6ccccc6)NC(c6ccccc6)N5)c4)c3)nc(-c3ccc4c(c3)C3(c5ccccc5-c5ccccc53)c3ccccc3-4)n2)cc1. The summed E-state index contributed by atoms with van der Waals surface area (Å²) in [6.45, 7) is 0. The van der Waals surface area contributed by atoms with Gasteiger partial charge in [-0.05, 0) is 96.6 Å². The van der Waals surface area contributed by atoms with Gasteiger partial charge in [0.25, 0.3) is 0 Å². The molecule has 10 aromatic rings. The van der Waals surface area contributed by atoms with E-state index in [2.05, 4.69) is 253 Å². The Labute approximate surface area is 390 Å². The van der Waals surface area contributed by atoms with Crippen molar-refractivity contribution in [2.75, 3.05) is 0 Å². The van der Waals surface area contributed by atoms with Crippen molar-refractivity contribution >= 4 is 0 Å². The van der Waals surface area contributed by atoms with Crippen LogP contribution in [-0.4, -0.2) is 9.97 Å². The monoisotopic (exact) mass is 859 g/mol. The normalized spacial score (nSPS) is 17.3. The predicted molar refractivity (Wildman–Crippen MR) is 271 cm³/mol. The van der Waals surface area contributed by atoms with Crippen LogP contribution in [0.25, 0.3) is 67.3 Å². The average Bonchev–Trinajstić information content (AvgIpc) is 3.88. The van der Waals surface area contributed by atoms with E-state index < -0.39 is 5.41 Å². The number of nitrogens with one attached hydrogen (secondary N) is 3. The summed E-state index contributed by atoms with van der Waals surface area (Å²) >= 11 is 0. The molecule has 0 saturated carbocycles. The third kappa shape index (κ3) is 6.58. The highest BCUT2D eigenvalue weighted by molar-refractivity contribution is 5.95. The van der Waals surface area contributed by atoms with E-state index in [1.54, 1.807) is 0 Å². The van der Waals surface area contributed by atoms with E-state index in [1.807, 2.05) is 0 Å². The van der Waals surface area contributed by atoms with Gasteiger partial charge < -0.3 is 0 Å². The van der Waals surface area contributed by atoms with E-state index in [9.17, 15) is 0 Å². The first-order valence-corrected chi connectivity index (χ1v) is 23.2. The van der Waals surface area contributed by atoms with Crippen molar-refractivity contribution in [1.82, 2.24) is 25.9 Å². The van der Waals surface area contributed by atoms with Crippen LogP contribution >= 0.6 is 0 Å². The Morgan fingerprint density at radius 1 is 0.284 bits per heavy atom. The van der Waals surface area contributed by atoms with Crippen LogP contribution in [0.1, 0.15) is 57.4 Å². The number of nitrogens with zero attached hydrogens (tertiary/aromatic N) is 2. The van der Waals surface area contributed by atoms with Gasteiger partial charge in [0.15, 0.2) is 5.82 Å². The Kier molecular flexibility index (Phi) is 9.46. The average molecular weight is 860 g/mol. The molecule has 1 aliphatic heterocycles. The number of hydrogen-bond donors (Lipinski definition) is 3. The van der Waals surface area contributed by atoms with Crippen molar-refractivity contribution in [3.8, 4) is 67.3 Å². The molecule has 3 N–H and O–H groups in total. The molecule has 2 atom stereocenters. The molecule has 1 fully saturated rings. The molecule has 0 amide bonds. The van der Waals surface area contributed by atoms with Crippen molar-refractivity contribution in [3.63, 3.8) is 0 Å². The van der Waals surface area contributed by atoms with Gasteiger partial charge in [-0.25, -0.2) is 9.97 Å². The molecule has 13 rings (SSSR count). The molecular weight excluding hydrogens is 815 g/mol. The molecule has 0 bridgehead atoms. The second-order valence-electron chi connectivity index (χ2n) is 17.8. The molecule has 2 heterocycles. The lowest BCUT2D eigenvalue weighted by atomic mass is 9.70. The zero-order valence-corrected chi connectivity index (χ0v) is 36.6. The first-order valence-electron chi connectivity index (χ1n) is 23.2. The van der Waals surface area contributed by atoms with E-state index in [0.717, 1.165) is 44.8 Å². The number of aromatic nitrogens is 2. The molecule has 3 aliphatic rings. The summed E-state index contributed by atoms with van der Waals surface area (Å²) in [6, 6.07) is 85.2. The lowest BCUT2D eigenvalue weighted by Gasteiger charge is -2.39. The maximum absolute atomic E-state index is 5.44. The lowest BCUT2D eigenvalue weighted by molar-refractivity contribution is 0.203. The van der Waals surface area contributed by atoms with Crippen LogP contribution in [0, 0.1) is 0 Å². The van der Waals surface area contributed by atoms with Crippen LogP contribution in [0.3, 0.4) is 0 Å². The maximum atomic E-state index is 5.44. The first kappa shape index (κ1) is 39.3. The molecule has 0 radical (unpaired) electrons. The van der Waals surface area contributed by atoms with E-state index in [-0.39, 0.29) is 18.5 Å². The summed E-state index contributed by atoms with van der Waals surface area (Å²) in [5, 5.41) is 11.5. The molecule has 2 unspecified atom stereocenters. The summed E-state index contributed by atoms with van der Waals surface area (Å²) in [4.78, 5) is 10.8. The standard InChI is InChI=1S/C62H45N5/c1-4-18-40(19-5-1)56-39-57(45-26-16-24-43(36-45)44-25-17-27-46(37-44)61-66-58(41-20-6-2-7-21-41)65-59(67-61)42-22-8-3-9-23-42)64-60(63-56)47-34-35-51-50-30-12-15-33-54(50)62(55(51)38-47)52-31-13-10-28-48(52)49-29-11-14-32-53(49)62/h1-39,58-59,61,65-67H. The molecule has 5 heteroatoms.